The van der Waals surface area contributed by atoms with E-state index in [-0.39, 0.29) is 0 Å². The van der Waals surface area contributed by atoms with E-state index in [1.165, 1.54) is 64.2 Å². The largest absolute Gasteiger partial charge is 0.395 e. The molecule has 27 heavy (non-hydrogen) atoms. The van der Waals surface area contributed by atoms with Crippen LogP contribution in [0.3, 0.4) is 0 Å². The van der Waals surface area contributed by atoms with Gasteiger partial charge in [0.15, 0.2) is 0 Å². The Morgan fingerprint density at radius 3 is 1.44 bits per heavy atom. The van der Waals surface area contributed by atoms with Crippen molar-refractivity contribution in [3.05, 3.63) is 0 Å². The molecular weight excluding hydrogens is 356 g/mol. The molecule has 0 bridgehead atoms. The van der Waals surface area contributed by atoms with Crippen molar-refractivity contribution in [3.63, 3.8) is 0 Å². The SMILES string of the molecule is CCCCCCCCCCCCOCCOCCC[Si](C)(OCC)OCC. The predicted molar refractivity (Wildman–Crippen MR) is 118 cm³/mol. The van der Waals surface area contributed by atoms with Crippen LogP contribution in [0.2, 0.25) is 12.6 Å². The van der Waals surface area contributed by atoms with Gasteiger partial charge in [-0.1, -0.05) is 64.7 Å². The first kappa shape index (κ1) is 27.1. The van der Waals surface area contributed by atoms with E-state index in [9.17, 15) is 0 Å². The van der Waals surface area contributed by atoms with Crippen molar-refractivity contribution in [1.82, 2.24) is 0 Å². The molecule has 0 N–H and O–H groups in total. The summed E-state index contributed by atoms with van der Waals surface area (Å²) in [6, 6.07) is 0.994. The molecule has 0 aromatic heterocycles. The molecule has 0 rings (SSSR count). The molecule has 0 fully saturated rings. The first-order valence-corrected chi connectivity index (χ1v) is 14.1. The highest BCUT2D eigenvalue weighted by molar-refractivity contribution is 6.66. The van der Waals surface area contributed by atoms with Crippen LogP contribution in [0.1, 0.15) is 91.4 Å². The molecule has 0 unspecified atom stereocenters. The zero-order valence-corrected chi connectivity index (χ0v) is 19.9. The molecule has 0 amide bonds. The van der Waals surface area contributed by atoms with Gasteiger partial charge in [-0.15, -0.1) is 0 Å². The summed E-state index contributed by atoms with van der Waals surface area (Å²) >= 11 is 0. The first-order valence-electron chi connectivity index (χ1n) is 11.6. The molecule has 5 heteroatoms. The molecule has 0 radical (unpaired) electrons. The third-order valence-corrected chi connectivity index (χ3v) is 7.89. The molecule has 0 aromatic carbocycles. The minimum atomic E-state index is -1.97. The molecule has 0 aromatic rings. The van der Waals surface area contributed by atoms with Crippen LogP contribution in [0, 0.1) is 0 Å². The average molecular weight is 405 g/mol. The zero-order chi connectivity index (χ0) is 20.1. The van der Waals surface area contributed by atoms with Crippen molar-refractivity contribution in [2.45, 2.75) is 104 Å². The summed E-state index contributed by atoms with van der Waals surface area (Å²) in [5, 5.41) is 0. The standard InChI is InChI=1S/C22H48O4Si/c1-5-8-9-10-11-12-13-14-15-16-18-23-20-21-24-19-17-22-27(4,25-6-2)26-7-3/h5-22H2,1-4H3. The van der Waals surface area contributed by atoms with Gasteiger partial charge >= 0.3 is 8.56 Å². The molecule has 0 aliphatic rings. The Morgan fingerprint density at radius 2 is 0.963 bits per heavy atom. The lowest BCUT2D eigenvalue weighted by atomic mass is 10.1. The maximum absolute atomic E-state index is 5.84. The molecule has 0 atom stereocenters. The first-order chi connectivity index (χ1) is 13.2. The fourth-order valence-electron chi connectivity index (χ4n) is 3.31. The average Bonchev–Trinajstić information content (AvgIpc) is 2.64. The topological polar surface area (TPSA) is 36.9 Å². The fourth-order valence-corrected chi connectivity index (χ4v) is 5.69. The van der Waals surface area contributed by atoms with Gasteiger partial charge in [0.2, 0.25) is 0 Å². The molecule has 0 spiro atoms. The van der Waals surface area contributed by atoms with Crippen molar-refractivity contribution in [1.29, 1.82) is 0 Å². The predicted octanol–water partition coefficient (Wildman–Crippen LogP) is 6.48. The smallest absolute Gasteiger partial charge is 0.334 e. The second-order valence-corrected chi connectivity index (χ2v) is 10.9. The summed E-state index contributed by atoms with van der Waals surface area (Å²) in [6.45, 7) is 13.0. The molecule has 0 aliphatic heterocycles. The van der Waals surface area contributed by atoms with Gasteiger partial charge in [-0.25, -0.2) is 0 Å². The number of unbranched alkanes of at least 4 members (excludes halogenated alkanes) is 9. The fraction of sp³-hybridized carbons (Fsp3) is 1.00. The van der Waals surface area contributed by atoms with Gasteiger partial charge in [0, 0.05) is 26.4 Å². The zero-order valence-electron chi connectivity index (χ0n) is 18.9. The molecule has 0 saturated carbocycles. The quantitative estimate of drug-likeness (QED) is 0.153. The van der Waals surface area contributed by atoms with Crippen LogP contribution in [0.15, 0.2) is 0 Å². The van der Waals surface area contributed by atoms with Crippen LogP contribution in [-0.2, 0) is 18.3 Å². The van der Waals surface area contributed by atoms with E-state index in [1.54, 1.807) is 0 Å². The molecular formula is C22H48O4Si. The summed E-state index contributed by atoms with van der Waals surface area (Å²) < 4.78 is 23.0. The number of rotatable bonds is 22. The Morgan fingerprint density at radius 1 is 0.519 bits per heavy atom. The van der Waals surface area contributed by atoms with Crippen LogP contribution in [0.25, 0.3) is 0 Å². The van der Waals surface area contributed by atoms with Gasteiger partial charge in [-0.3, -0.25) is 0 Å². The maximum atomic E-state index is 5.84. The van der Waals surface area contributed by atoms with Gasteiger partial charge in [0.05, 0.1) is 13.2 Å². The molecule has 4 nitrogen and oxygen atoms in total. The Bertz CT molecular complexity index is 283. The van der Waals surface area contributed by atoms with E-state index < -0.39 is 8.56 Å². The summed E-state index contributed by atoms with van der Waals surface area (Å²) in [5.41, 5.74) is 0. The third-order valence-electron chi connectivity index (χ3n) is 4.83. The van der Waals surface area contributed by atoms with E-state index >= 15 is 0 Å². The Hall–Kier alpha value is 0.0569. The summed E-state index contributed by atoms with van der Waals surface area (Å²) in [4.78, 5) is 0. The molecule has 0 heterocycles. The Kier molecular flexibility index (Phi) is 20.8. The molecule has 0 saturated heterocycles. The van der Waals surface area contributed by atoms with Crippen molar-refractivity contribution < 1.29 is 18.3 Å². The van der Waals surface area contributed by atoms with Crippen molar-refractivity contribution >= 4 is 8.56 Å². The molecule has 0 aliphatic carbocycles. The van der Waals surface area contributed by atoms with E-state index in [0.717, 1.165) is 38.9 Å². The lowest BCUT2D eigenvalue weighted by Gasteiger charge is -2.25. The van der Waals surface area contributed by atoms with Crippen LogP contribution < -0.4 is 0 Å². The number of ether oxygens (including phenoxy) is 2. The molecule has 164 valence electrons. The van der Waals surface area contributed by atoms with Crippen LogP contribution >= 0.6 is 0 Å². The monoisotopic (exact) mass is 404 g/mol. The van der Waals surface area contributed by atoms with Gasteiger partial charge in [0.25, 0.3) is 0 Å². The highest BCUT2D eigenvalue weighted by atomic mass is 28.4. The van der Waals surface area contributed by atoms with E-state index in [1.807, 2.05) is 13.8 Å². The van der Waals surface area contributed by atoms with Crippen molar-refractivity contribution in [2.75, 3.05) is 39.6 Å². The second-order valence-electron chi connectivity index (χ2n) is 7.51. The van der Waals surface area contributed by atoms with E-state index in [0.29, 0.717) is 13.2 Å². The highest BCUT2D eigenvalue weighted by Crippen LogP contribution is 2.16. The van der Waals surface area contributed by atoms with Crippen molar-refractivity contribution in [2.24, 2.45) is 0 Å². The maximum Gasteiger partial charge on any atom is 0.334 e. The summed E-state index contributed by atoms with van der Waals surface area (Å²) in [6.07, 6.45) is 14.7. The summed E-state index contributed by atoms with van der Waals surface area (Å²) in [7, 11) is -1.97. The number of hydrogen-bond donors (Lipinski definition) is 0. The van der Waals surface area contributed by atoms with Crippen LogP contribution in [-0.4, -0.2) is 48.2 Å². The van der Waals surface area contributed by atoms with Gasteiger partial charge in [0.1, 0.15) is 0 Å². The van der Waals surface area contributed by atoms with E-state index in [4.69, 9.17) is 18.3 Å². The van der Waals surface area contributed by atoms with E-state index in [2.05, 4.69) is 13.5 Å². The summed E-state index contributed by atoms with van der Waals surface area (Å²) in [5.74, 6) is 0. The third kappa shape index (κ3) is 19.2. The Labute approximate surface area is 170 Å². The van der Waals surface area contributed by atoms with Gasteiger partial charge in [-0.05, 0) is 39.3 Å². The number of hydrogen-bond acceptors (Lipinski definition) is 4. The lowest BCUT2D eigenvalue weighted by molar-refractivity contribution is 0.0456. The Balaban J connectivity index is 3.25. The van der Waals surface area contributed by atoms with Crippen LogP contribution in [0.4, 0.5) is 0 Å². The second kappa shape index (κ2) is 20.8. The van der Waals surface area contributed by atoms with Crippen LogP contribution in [0.5, 0.6) is 0 Å². The minimum absolute atomic E-state index is 0.694. The van der Waals surface area contributed by atoms with Crippen molar-refractivity contribution in [3.8, 4) is 0 Å². The minimum Gasteiger partial charge on any atom is -0.395 e. The normalized spacial score (nSPS) is 12.0. The highest BCUT2D eigenvalue weighted by Gasteiger charge is 2.29. The van der Waals surface area contributed by atoms with Gasteiger partial charge in [-0.2, -0.15) is 0 Å². The van der Waals surface area contributed by atoms with Gasteiger partial charge < -0.3 is 18.3 Å². The lowest BCUT2D eigenvalue weighted by Crippen LogP contribution is -2.38.